The van der Waals surface area contributed by atoms with Crippen LogP contribution in [-0.2, 0) is 21.2 Å². The molecule has 1 radical (unpaired) electrons. The van der Waals surface area contributed by atoms with Gasteiger partial charge in [0.2, 0.25) is 5.91 Å². The zero-order valence-electron chi connectivity index (χ0n) is 16.0. The molecule has 0 saturated carbocycles. The van der Waals surface area contributed by atoms with Crippen molar-refractivity contribution in [2.45, 2.75) is 57.2 Å². The van der Waals surface area contributed by atoms with Crippen LogP contribution in [0.1, 0.15) is 56.4 Å². The van der Waals surface area contributed by atoms with Crippen LogP contribution in [0.5, 0.6) is 0 Å². The SMILES string of the molecule is CCCCCCCNC(=O)Cc1ccc(C2OCC(CO)(CO)N2[O])cc1. The number of hydrogen-bond donors (Lipinski definition) is 3. The van der Waals surface area contributed by atoms with E-state index in [4.69, 9.17) is 4.74 Å². The number of aliphatic hydroxyl groups is 2. The number of carbonyl (C=O) groups excluding carboxylic acids is 1. The zero-order chi connectivity index (χ0) is 19.7. The molecule has 2 rings (SSSR count). The number of benzene rings is 1. The highest BCUT2D eigenvalue weighted by Crippen LogP contribution is 2.35. The lowest BCUT2D eigenvalue weighted by molar-refractivity contribution is -0.262. The third kappa shape index (κ3) is 5.73. The van der Waals surface area contributed by atoms with E-state index in [2.05, 4.69) is 12.2 Å². The monoisotopic (exact) mass is 379 g/mol. The second-order valence-corrected chi connectivity index (χ2v) is 7.21. The largest absolute Gasteiger partial charge is 0.394 e. The Bertz CT molecular complexity index is 574. The van der Waals surface area contributed by atoms with E-state index in [1.165, 1.54) is 19.3 Å². The first-order valence-corrected chi connectivity index (χ1v) is 9.71. The molecule has 151 valence electrons. The second-order valence-electron chi connectivity index (χ2n) is 7.21. The number of aliphatic hydroxyl groups excluding tert-OH is 2. The summed E-state index contributed by atoms with van der Waals surface area (Å²) in [6.45, 7) is 1.90. The van der Waals surface area contributed by atoms with Gasteiger partial charge < -0.3 is 20.3 Å². The normalized spacial score (nSPS) is 19.3. The van der Waals surface area contributed by atoms with Crippen LogP contribution < -0.4 is 5.32 Å². The highest BCUT2D eigenvalue weighted by atomic mass is 16.6. The summed E-state index contributed by atoms with van der Waals surface area (Å²) < 4.78 is 5.48. The number of ether oxygens (including phenoxy) is 1. The molecule has 7 nitrogen and oxygen atoms in total. The minimum absolute atomic E-state index is 0.0135. The van der Waals surface area contributed by atoms with Crippen molar-refractivity contribution in [2.24, 2.45) is 0 Å². The Labute approximate surface area is 160 Å². The van der Waals surface area contributed by atoms with Crippen LogP contribution in [0, 0.1) is 0 Å². The van der Waals surface area contributed by atoms with Gasteiger partial charge in [-0.3, -0.25) is 4.79 Å². The minimum atomic E-state index is -1.31. The number of nitrogens with zero attached hydrogens (tertiary/aromatic N) is 1. The van der Waals surface area contributed by atoms with Crippen molar-refractivity contribution < 1.29 is 25.0 Å². The van der Waals surface area contributed by atoms with Gasteiger partial charge in [0.25, 0.3) is 0 Å². The van der Waals surface area contributed by atoms with Crippen LogP contribution in [0.25, 0.3) is 0 Å². The van der Waals surface area contributed by atoms with Gasteiger partial charge in [-0.25, -0.2) is 0 Å². The smallest absolute Gasteiger partial charge is 0.224 e. The quantitative estimate of drug-likeness (QED) is 0.508. The first kappa shape index (κ1) is 21.8. The van der Waals surface area contributed by atoms with Crippen LogP contribution in [0.2, 0.25) is 0 Å². The first-order valence-electron chi connectivity index (χ1n) is 9.71. The van der Waals surface area contributed by atoms with Crippen molar-refractivity contribution in [1.82, 2.24) is 10.4 Å². The predicted octanol–water partition coefficient (Wildman–Crippen LogP) is 1.72. The van der Waals surface area contributed by atoms with Gasteiger partial charge >= 0.3 is 0 Å². The minimum Gasteiger partial charge on any atom is -0.394 e. The fraction of sp³-hybridized carbons (Fsp3) is 0.650. The molecule has 1 saturated heterocycles. The summed E-state index contributed by atoms with van der Waals surface area (Å²) in [5.41, 5.74) is 0.183. The predicted molar refractivity (Wildman–Crippen MR) is 100 cm³/mol. The topological polar surface area (TPSA) is 102 Å². The third-order valence-corrected chi connectivity index (χ3v) is 5.01. The molecule has 1 aliphatic rings. The van der Waals surface area contributed by atoms with Gasteiger partial charge in [0, 0.05) is 6.54 Å². The van der Waals surface area contributed by atoms with Crippen LogP contribution >= 0.6 is 0 Å². The molecule has 0 spiro atoms. The summed E-state index contributed by atoms with van der Waals surface area (Å²) in [5.74, 6) is -0.0135. The van der Waals surface area contributed by atoms with Gasteiger partial charge in [-0.1, -0.05) is 56.9 Å². The number of nitrogens with one attached hydrogen (secondary N) is 1. The number of hydrogen-bond acceptors (Lipinski definition) is 5. The molecular weight excluding hydrogens is 348 g/mol. The number of unbranched alkanes of at least 4 members (excludes halogenated alkanes) is 4. The maximum atomic E-state index is 12.4. The maximum Gasteiger partial charge on any atom is 0.224 e. The van der Waals surface area contributed by atoms with Crippen LogP contribution in [0.4, 0.5) is 0 Å². The Morgan fingerprint density at radius 2 is 1.85 bits per heavy atom. The standard InChI is InChI=1S/C20H31N2O5/c1-2-3-4-5-6-11-21-18(25)12-16-7-9-17(10-8-16)19-22(26)20(13-23,14-24)15-27-19/h7-10,19,23-24H,2-6,11-15H2,1H3,(H,21,25). The fourth-order valence-corrected chi connectivity index (χ4v) is 3.13. The van der Waals surface area contributed by atoms with Gasteiger partial charge in [0.1, 0.15) is 5.54 Å². The number of hydroxylamine groups is 2. The maximum absolute atomic E-state index is 12.4. The van der Waals surface area contributed by atoms with Gasteiger partial charge in [0.15, 0.2) is 6.23 Å². The number of carbonyl (C=O) groups is 1. The molecule has 3 N–H and O–H groups in total. The Balaban J connectivity index is 1.81. The van der Waals surface area contributed by atoms with Crippen molar-refractivity contribution in [3.63, 3.8) is 0 Å². The van der Waals surface area contributed by atoms with E-state index >= 15 is 0 Å². The lowest BCUT2D eigenvalue weighted by Gasteiger charge is -2.28. The van der Waals surface area contributed by atoms with Crippen molar-refractivity contribution >= 4 is 5.91 Å². The van der Waals surface area contributed by atoms with E-state index in [9.17, 15) is 20.2 Å². The van der Waals surface area contributed by atoms with E-state index in [1.807, 2.05) is 0 Å². The Morgan fingerprint density at radius 3 is 2.44 bits per heavy atom. The molecule has 1 aromatic carbocycles. The first-order chi connectivity index (χ1) is 13.1. The molecule has 1 amide bonds. The van der Waals surface area contributed by atoms with E-state index in [-0.39, 0.29) is 12.5 Å². The van der Waals surface area contributed by atoms with Gasteiger partial charge in [0.05, 0.1) is 26.2 Å². The Hall–Kier alpha value is -1.51. The molecule has 1 aromatic rings. The Morgan fingerprint density at radius 1 is 1.19 bits per heavy atom. The van der Waals surface area contributed by atoms with E-state index < -0.39 is 25.0 Å². The zero-order valence-corrected chi connectivity index (χ0v) is 16.0. The van der Waals surface area contributed by atoms with Crippen molar-refractivity contribution in [2.75, 3.05) is 26.4 Å². The van der Waals surface area contributed by atoms with E-state index in [0.717, 1.165) is 18.4 Å². The van der Waals surface area contributed by atoms with Gasteiger partial charge in [-0.2, -0.15) is 0 Å². The molecule has 0 bridgehead atoms. The molecule has 7 heteroatoms. The summed E-state index contributed by atoms with van der Waals surface area (Å²) >= 11 is 0. The molecule has 27 heavy (non-hydrogen) atoms. The molecule has 0 aliphatic carbocycles. The van der Waals surface area contributed by atoms with Crippen molar-refractivity contribution in [3.8, 4) is 0 Å². The van der Waals surface area contributed by atoms with Crippen LogP contribution in [-0.4, -0.2) is 53.1 Å². The summed E-state index contributed by atoms with van der Waals surface area (Å²) in [5, 5.41) is 34.7. The van der Waals surface area contributed by atoms with Crippen molar-refractivity contribution in [3.05, 3.63) is 35.4 Å². The highest BCUT2D eigenvalue weighted by Gasteiger charge is 2.48. The summed E-state index contributed by atoms with van der Waals surface area (Å²) in [6, 6.07) is 7.08. The molecule has 1 aliphatic heterocycles. The lowest BCUT2D eigenvalue weighted by Crippen LogP contribution is -2.50. The fourth-order valence-electron chi connectivity index (χ4n) is 3.13. The summed E-state index contributed by atoms with van der Waals surface area (Å²) in [6.07, 6.45) is 5.22. The molecule has 1 fully saturated rings. The molecular formula is C20H31N2O5. The van der Waals surface area contributed by atoms with Gasteiger partial charge in [-0.15, -0.1) is 10.3 Å². The van der Waals surface area contributed by atoms with E-state index in [1.54, 1.807) is 24.3 Å². The molecule has 1 atom stereocenters. The molecule has 1 heterocycles. The van der Waals surface area contributed by atoms with Crippen LogP contribution in [0.15, 0.2) is 24.3 Å². The Kier molecular flexibility index (Phi) is 8.66. The second kappa shape index (κ2) is 10.7. The average molecular weight is 379 g/mol. The number of amides is 1. The third-order valence-electron chi connectivity index (χ3n) is 5.01. The van der Waals surface area contributed by atoms with Crippen LogP contribution in [0.3, 0.4) is 0 Å². The van der Waals surface area contributed by atoms with Crippen molar-refractivity contribution in [1.29, 1.82) is 0 Å². The lowest BCUT2D eigenvalue weighted by atomic mass is 10.0. The van der Waals surface area contributed by atoms with Gasteiger partial charge in [-0.05, 0) is 17.5 Å². The molecule has 1 unspecified atom stereocenters. The highest BCUT2D eigenvalue weighted by molar-refractivity contribution is 5.78. The summed E-state index contributed by atoms with van der Waals surface area (Å²) in [4.78, 5) is 12.0. The number of rotatable bonds is 11. The average Bonchev–Trinajstić information content (AvgIpc) is 3.02. The van der Waals surface area contributed by atoms with E-state index in [0.29, 0.717) is 23.6 Å². The summed E-state index contributed by atoms with van der Waals surface area (Å²) in [7, 11) is 0. The molecule has 0 aromatic heterocycles.